The number of carbonyl (C=O) groups excluding carboxylic acids is 1. The van der Waals surface area contributed by atoms with E-state index in [9.17, 15) is 9.59 Å². The quantitative estimate of drug-likeness (QED) is 0.846. The number of likely N-dealkylation sites (N-methyl/N-ethyl adjacent to an activating group) is 1. The maximum atomic E-state index is 12.6. The Bertz CT molecular complexity index is 847. The van der Waals surface area contributed by atoms with Gasteiger partial charge in [0.15, 0.2) is 0 Å². The average molecular weight is 368 g/mol. The molecule has 0 radical (unpaired) electrons. The van der Waals surface area contributed by atoms with Gasteiger partial charge in [-0.2, -0.15) is 0 Å². The van der Waals surface area contributed by atoms with Gasteiger partial charge < -0.3 is 9.88 Å². The third-order valence-corrected chi connectivity index (χ3v) is 5.25. The topological polar surface area (TPSA) is 69.3 Å². The summed E-state index contributed by atoms with van der Waals surface area (Å²) in [5.74, 6) is 1.01. The average Bonchev–Trinajstić information content (AvgIpc) is 3.05. The summed E-state index contributed by atoms with van der Waals surface area (Å²) in [5.41, 5.74) is 2.21. The normalized spacial score (nSPS) is 17.2. The molecule has 144 valence electrons. The van der Waals surface area contributed by atoms with E-state index in [2.05, 4.69) is 39.1 Å². The summed E-state index contributed by atoms with van der Waals surface area (Å²) in [7, 11) is 1.83. The molecule has 6 heteroatoms. The number of amides is 1. The fraction of sp³-hybridized carbons (Fsp3) is 0.476. The van der Waals surface area contributed by atoms with Gasteiger partial charge in [0.25, 0.3) is 5.56 Å². The number of aryl methyl sites for hydroxylation is 2. The smallest absolute Gasteiger partial charge is 0.254 e. The van der Waals surface area contributed by atoms with Crippen molar-refractivity contribution in [2.45, 2.75) is 33.2 Å². The number of nitrogens with one attached hydrogen (secondary N) is 1. The van der Waals surface area contributed by atoms with Gasteiger partial charge in [0, 0.05) is 37.9 Å². The highest BCUT2D eigenvalue weighted by atomic mass is 16.2. The van der Waals surface area contributed by atoms with Crippen LogP contribution in [-0.2, 0) is 17.8 Å². The highest BCUT2D eigenvalue weighted by molar-refractivity contribution is 5.78. The molecule has 1 N–H and O–H groups in total. The van der Waals surface area contributed by atoms with Crippen LogP contribution in [0.1, 0.15) is 29.1 Å². The van der Waals surface area contributed by atoms with Crippen molar-refractivity contribution >= 4 is 5.91 Å². The molecule has 0 aliphatic carbocycles. The zero-order valence-electron chi connectivity index (χ0n) is 16.4. The Morgan fingerprint density at radius 2 is 2.04 bits per heavy atom. The molecule has 6 nitrogen and oxygen atoms in total. The number of rotatable bonds is 6. The Morgan fingerprint density at radius 3 is 2.74 bits per heavy atom. The summed E-state index contributed by atoms with van der Waals surface area (Å²) in [5, 5.41) is 0. The highest BCUT2D eigenvalue weighted by Gasteiger charge is 2.25. The molecule has 3 rings (SSSR count). The van der Waals surface area contributed by atoms with Gasteiger partial charge in [-0.1, -0.05) is 30.3 Å². The maximum Gasteiger partial charge on any atom is 0.254 e. The summed E-state index contributed by atoms with van der Waals surface area (Å²) in [6.07, 6.45) is 1.20. The minimum atomic E-state index is -0.211. The molecular formula is C21H28N4O2. The van der Waals surface area contributed by atoms with Crippen molar-refractivity contribution in [1.29, 1.82) is 0 Å². The molecule has 1 aliphatic heterocycles. The van der Waals surface area contributed by atoms with E-state index in [1.165, 1.54) is 5.56 Å². The number of likely N-dealkylation sites (tertiary alicyclic amines) is 1. The van der Waals surface area contributed by atoms with Gasteiger partial charge in [-0.05, 0) is 38.3 Å². The number of hydrogen-bond donors (Lipinski definition) is 1. The largest absolute Gasteiger partial charge is 0.345 e. The van der Waals surface area contributed by atoms with E-state index in [1.807, 2.05) is 13.1 Å². The minimum absolute atomic E-state index is 0.0317. The van der Waals surface area contributed by atoms with E-state index in [4.69, 9.17) is 0 Å². The van der Waals surface area contributed by atoms with Crippen LogP contribution in [0.25, 0.3) is 0 Å². The monoisotopic (exact) mass is 368 g/mol. The van der Waals surface area contributed by atoms with Crippen LogP contribution in [-0.4, -0.2) is 52.4 Å². The van der Waals surface area contributed by atoms with Crippen molar-refractivity contribution in [3.05, 3.63) is 63.3 Å². The van der Waals surface area contributed by atoms with Crippen molar-refractivity contribution in [2.75, 3.05) is 26.7 Å². The van der Waals surface area contributed by atoms with Crippen molar-refractivity contribution in [3.63, 3.8) is 0 Å². The molecule has 2 aromatic rings. The van der Waals surface area contributed by atoms with E-state index >= 15 is 0 Å². The van der Waals surface area contributed by atoms with Gasteiger partial charge in [0.1, 0.15) is 5.82 Å². The molecule has 1 unspecified atom stereocenters. The second-order valence-corrected chi connectivity index (χ2v) is 7.54. The zero-order valence-corrected chi connectivity index (χ0v) is 16.4. The van der Waals surface area contributed by atoms with Crippen LogP contribution in [0.2, 0.25) is 0 Å². The predicted molar refractivity (Wildman–Crippen MR) is 105 cm³/mol. The van der Waals surface area contributed by atoms with E-state index in [0.29, 0.717) is 23.0 Å². The molecule has 0 spiro atoms. The summed E-state index contributed by atoms with van der Waals surface area (Å²) >= 11 is 0. The summed E-state index contributed by atoms with van der Waals surface area (Å²) in [6.45, 7) is 7.26. The lowest BCUT2D eigenvalue weighted by Gasteiger charge is -2.22. The second kappa shape index (κ2) is 8.48. The highest BCUT2D eigenvalue weighted by Crippen LogP contribution is 2.19. The van der Waals surface area contributed by atoms with Gasteiger partial charge in [0.05, 0.1) is 6.42 Å². The SMILES string of the molecule is Cc1nc(C)c(CC(=O)N(C)CC2CCN(Cc3ccccc3)C2)c(=O)[nH]1. The van der Waals surface area contributed by atoms with E-state index in [1.54, 1.807) is 18.7 Å². The molecule has 1 saturated heterocycles. The fourth-order valence-corrected chi connectivity index (χ4v) is 3.78. The second-order valence-electron chi connectivity index (χ2n) is 7.54. The summed E-state index contributed by atoms with van der Waals surface area (Å²) in [4.78, 5) is 35.9. The number of aromatic nitrogens is 2. The minimum Gasteiger partial charge on any atom is -0.345 e. The Hall–Kier alpha value is -2.47. The van der Waals surface area contributed by atoms with Gasteiger partial charge in [-0.3, -0.25) is 14.5 Å². The molecule has 2 heterocycles. The Kier molecular flexibility index (Phi) is 6.06. The van der Waals surface area contributed by atoms with Crippen molar-refractivity contribution in [2.24, 2.45) is 5.92 Å². The molecule has 1 aromatic heterocycles. The molecule has 0 saturated carbocycles. The number of carbonyl (C=O) groups is 1. The number of hydrogen-bond acceptors (Lipinski definition) is 4. The molecule has 1 atom stereocenters. The van der Waals surface area contributed by atoms with E-state index in [0.717, 1.165) is 32.6 Å². The number of nitrogens with zero attached hydrogens (tertiary/aromatic N) is 3. The summed E-state index contributed by atoms with van der Waals surface area (Å²) < 4.78 is 0. The van der Waals surface area contributed by atoms with Gasteiger partial charge in [-0.25, -0.2) is 4.98 Å². The van der Waals surface area contributed by atoms with Crippen LogP contribution >= 0.6 is 0 Å². The first-order chi connectivity index (χ1) is 12.9. The molecule has 1 fully saturated rings. The molecule has 1 aromatic carbocycles. The van der Waals surface area contributed by atoms with Crippen molar-refractivity contribution < 1.29 is 4.79 Å². The molecule has 1 aliphatic rings. The van der Waals surface area contributed by atoms with Crippen LogP contribution in [0.3, 0.4) is 0 Å². The first kappa shape index (κ1) is 19.3. The third kappa shape index (κ3) is 5.04. The molecule has 0 bridgehead atoms. The molecule has 27 heavy (non-hydrogen) atoms. The Morgan fingerprint density at radius 1 is 1.30 bits per heavy atom. The first-order valence-electron chi connectivity index (χ1n) is 9.49. The van der Waals surface area contributed by atoms with Gasteiger partial charge in [0.2, 0.25) is 5.91 Å². The lowest BCUT2D eigenvalue weighted by atomic mass is 10.1. The first-order valence-corrected chi connectivity index (χ1v) is 9.49. The van der Waals surface area contributed by atoms with Crippen molar-refractivity contribution in [3.8, 4) is 0 Å². The third-order valence-electron chi connectivity index (χ3n) is 5.25. The van der Waals surface area contributed by atoms with E-state index < -0.39 is 0 Å². The van der Waals surface area contributed by atoms with Crippen LogP contribution < -0.4 is 5.56 Å². The van der Waals surface area contributed by atoms with Crippen molar-refractivity contribution in [1.82, 2.24) is 19.8 Å². The Balaban J connectivity index is 1.52. The molecular weight excluding hydrogens is 340 g/mol. The van der Waals surface area contributed by atoms with E-state index in [-0.39, 0.29) is 17.9 Å². The van der Waals surface area contributed by atoms with Crippen LogP contribution in [0.4, 0.5) is 0 Å². The van der Waals surface area contributed by atoms with Gasteiger partial charge >= 0.3 is 0 Å². The number of H-pyrrole nitrogens is 1. The standard InChI is InChI=1S/C21H28N4O2/c1-15-19(21(27)23-16(2)22-15)11-20(26)24(3)12-18-9-10-25(14-18)13-17-7-5-4-6-8-17/h4-8,18H,9-14H2,1-3H3,(H,22,23,27). The fourth-order valence-electron chi connectivity index (χ4n) is 3.78. The predicted octanol–water partition coefficient (Wildman–Crippen LogP) is 1.91. The van der Waals surface area contributed by atoms with Crippen LogP contribution in [0.5, 0.6) is 0 Å². The number of aromatic amines is 1. The molecule has 1 amide bonds. The van der Waals surface area contributed by atoms with Gasteiger partial charge in [-0.15, -0.1) is 0 Å². The van der Waals surface area contributed by atoms with Crippen LogP contribution in [0, 0.1) is 19.8 Å². The summed E-state index contributed by atoms with van der Waals surface area (Å²) in [6, 6.07) is 10.5. The Labute approximate surface area is 160 Å². The van der Waals surface area contributed by atoms with Crippen LogP contribution in [0.15, 0.2) is 35.1 Å². The lowest BCUT2D eigenvalue weighted by Crippen LogP contribution is -2.35. The maximum absolute atomic E-state index is 12.6. The number of benzene rings is 1. The lowest BCUT2D eigenvalue weighted by molar-refractivity contribution is -0.129. The zero-order chi connectivity index (χ0) is 19.4.